The summed E-state index contributed by atoms with van der Waals surface area (Å²) in [6.45, 7) is 4.44. The van der Waals surface area contributed by atoms with E-state index < -0.39 is 0 Å². The number of pyridine rings is 1. The van der Waals surface area contributed by atoms with E-state index in [1.54, 1.807) is 11.3 Å². The molecule has 3 aromatic rings. The van der Waals surface area contributed by atoms with Crippen LogP contribution in [0.5, 0.6) is 0 Å². The van der Waals surface area contributed by atoms with Gasteiger partial charge in [0.2, 0.25) is 0 Å². The molecule has 0 radical (unpaired) electrons. The third kappa shape index (κ3) is 2.53. The Hall–Kier alpha value is -1.98. The number of thiophene rings is 1. The number of fused-ring (bicyclic) bond motifs is 6. The Kier molecular flexibility index (Phi) is 3.54. The summed E-state index contributed by atoms with van der Waals surface area (Å²) in [5.41, 5.74) is 0.531. The number of nitrogens with one attached hydrogen (secondary N) is 1. The average Bonchev–Trinajstić information content (AvgIpc) is 3.00. The fraction of sp³-hybridized carbons (Fsp3) is 0.400. The van der Waals surface area contributed by atoms with Crippen molar-refractivity contribution in [1.82, 2.24) is 15.2 Å². The van der Waals surface area contributed by atoms with E-state index in [1.165, 1.54) is 29.5 Å². The van der Waals surface area contributed by atoms with Crippen molar-refractivity contribution in [1.29, 1.82) is 0 Å². The third-order valence-electron chi connectivity index (χ3n) is 5.87. The van der Waals surface area contributed by atoms with Gasteiger partial charge in [-0.3, -0.25) is 14.7 Å². The van der Waals surface area contributed by atoms with Crippen LogP contribution in [0.3, 0.4) is 0 Å². The molecule has 5 heteroatoms. The highest BCUT2D eigenvalue weighted by molar-refractivity contribution is 7.25. The van der Waals surface area contributed by atoms with E-state index in [2.05, 4.69) is 34.3 Å². The molecule has 3 saturated heterocycles. The fourth-order valence-electron chi connectivity index (χ4n) is 4.45. The second kappa shape index (κ2) is 5.78. The van der Waals surface area contributed by atoms with Gasteiger partial charge in [0.05, 0.1) is 0 Å². The summed E-state index contributed by atoms with van der Waals surface area (Å²) in [5.74, 6) is 0.572. The van der Waals surface area contributed by atoms with Gasteiger partial charge < -0.3 is 5.32 Å². The first-order valence-corrected chi connectivity index (χ1v) is 9.83. The molecule has 2 aromatic heterocycles. The van der Waals surface area contributed by atoms with Gasteiger partial charge >= 0.3 is 0 Å². The van der Waals surface area contributed by atoms with Crippen molar-refractivity contribution < 1.29 is 4.79 Å². The maximum atomic E-state index is 12.7. The number of carbonyl (C=O) groups is 1. The summed E-state index contributed by atoms with van der Waals surface area (Å²) >= 11 is 1.72. The highest BCUT2D eigenvalue weighted by Crippen LogP contribution is 2.34. The van der Waals surface area contributed by atoms with E-state index in [4.69, 9.17) is 0 Å². The second-order valence-corrected chi connectivity index (χ2v) is 8.46. The van der Waals surface area contributed by atoms with Crippen LogP contribution in [-0.4, -0.2) is 41.0 Å². The number of nitrogens with zero attached hydrogens (tertiary/aromatic N) is 2. The number of piperidine rings is 3. The lowest BCUT2D eigenvalue weighted by molar-refractivity contribution is 0.0273. The Bertz CT molecular complexity index is 966. The van der Waals surface area contributed by atoms with Gasteiger partial charge in [-0.15, -0.1) is 11.3 Å². The molecular formula is C20H21N3OS. The number of benzene rings is 1. The molecule has 4 atom stereocenters. The molecule has 6 rings (SSSR count). The van der Waals surface area contributed by atoms with Crippen LogP contribution >= 0.6 is 11.3 Å². The average molecular weight is 351 g/mol. The molecule has 4 unspecified atom stereocenters. The smallest absolute Gasteiger partial charge is 0.270 e. The quantitative estimate of drug-likeness (QED) is 0.766. The highest BCUT2D eigenvalue weighted by atomic mass is 32.1. The molecule has 1 aromatic carbocycles. The van der Waals surface area contributed by atoms with Gasteiger partial charge in [0.25, 0.3) is 5.91 Å². The van der Waals surface area contributed by atoms with Crippen LogP contribution in [0.25, 0.3) is 20.2 Å². The largest absolute Gasteiger partial charge is 0.346 e. The predicted octanol–water partition coefficient (Wildman–Crippen LogP) is 3.66. The predicted molar refractivity (Wildman–Crippen MR) is 102 cm³/mol. The maximum absolute atomic E-state index is 12.7. The van der Waals surface area contributed by atoms with Gasteiger partial charge in [0.15, 0.2) is 0 Å². The van der Waals surface area contributed by atoms with E-state index in [9.17, 15) is 4.79 Å². The molecule has 3 fully saturated rings. The van der Waals surface area contributed by atoms with E-state index in [0.29, 0.717) is 17.7 Å². The molecule has 0 aliphatic carbocycles. The van der Waals surface area contributed by atoms with Gasteiger partial charge in [0, 0.05) is 45.0 Å². The monoisotopic (exact) mass is 351 g/mol. The Morgan fingerprint density at radius 3 is 2.96 bits per heavy atom. The first kappa shape index (κ1) is 15.3. The molecule has 0 spiro atoms. The van der Waals surface area contributed by atoms with Crippen molar-refractivity contribution in [3.63, 3.8) is 0 Å². The topological polar surface area (TPSA) is 45.2 Å². The number of rotatable bonds is 2. The molecule has 4 nitrogen and oxygen atoms in total. The normalized spacial score (nSPS) is 28.5. The van der Waals surface area contributed by atoms with Crippen LogP contribution in [0, 0.1) is 5.92 Å². The van der Waals surface area contributed by atoms with E-state index in [-0.39, 0.29) is 11.9 Å². The van der Waals surface area contributed by atoms with Gasteiger partial charge in [-0.2, -0.15) is 0 Å². The van der Waals surface area contributed by atoms with Crippen molar-refractivity contribution in [2.24, 2.45) is 5.92 Å². The zero-order valence-electron chi connectivity index (χ0n) is 14.2. The zero-order chi connectivity index (χ0) is 17.0. The summed E-state index contributed by atoms with van der Waals surface area (Å²) in [4.78, 5) is 19.7. The summed E-state index contributed by atoms with van der Waals surface area (Å²) in [6, 6.07) is 11.2. The summed E-state index contributed by atoms with van der Waals surface area (Å²) in [6.07, 6.45) is 4.23. The van der Waals surface area contributed by atoms with Crippen molar-refractivity contribution in [3.8, 4) is 0 Å². The van der Waals surface area contributed by atoms with Crippen LogP contribution in [0.15, 0.2) is 36.5 Å². The number of aromatic nitrogens is 1. The Morgan fingerprint density at radius 2 is 2.16 bits per heavy atom. The Balaban J connectivity index is 1.41. The Morgan fingerprint density at radius 1 is 1.28 bits per heavy atom. The minimum atomic E-state index is -0.0363. The second-order valence-electron chi connectivity index (χ2n) is 7.37. The molecule has 1 N–H and O–H groups in total. The highest BCUT2D eigenvalue weighted by Gasteiger charge is 2.38. The van der Waals surface area contributed by atoms with Gasteiger partial charge in [-0.05, 0) is 44.4 Å². The van der Waals surface area contributed by atoms with Gasteiger partial charge in [-0.1, -0.05) is 18.2 Å². The molecular weight excluding hydrogens is 330 g/mol. The van der Waals surface area contributed by atoms with Crippen LogP contribution in [0.1, 0.15) is 30.3 Å². The zero-order valence-corrected chi connectivity index (χ0v) is 15.1. The van der Waals surface area contributed by atoms with Crippen molar-refractivity contribution >= 4 is 37.4 Å². The van der Waals surface area contributed by atoms with Crippen molar-refractivity contribution in [2.75, 3.05) is 13.1 Å². The lowest BCUT2D eigenvalue weighted by Gasteiger charge is -2.48. The van der Waals surface area contributed by atoms with E-state index in [1.807, 2.05) is 24.4 Å². The molecule has 0 saturated carbocycles. The Labute approximate surface area is 150 Å². The van der Waals surface area contributed by atoms with Gasteiger partial charge in [-0.25, -0.2) is 0 Å². The van der Waals surface area contributed by atoms with Crippen molar-refractivity contribution in [2.45, 2.75) is 31.8 Å². The fourth-order valence-corrected chi connectivity index (χ4v) is 5.56. The lowest BCUT2D eigenvalue weighted by atomic mass is 9.80. The molecule has 3 aliphatic rings. The maximum Gasteiger partial charge on any atom is 0.270 e. The molecule has 128 valence electrons. The molecule has 25 heavy (non-hydrogen) atoms. The molecule has 2 bridgehead atoms. The molecule has 3 aliphatic heterocycles. The van der Waals surface area contributed by atoms with Crippen molar-refractivity contribution in [3.05, 3.63) is 42.2 Å². The third-order valence-corrected chi connectivity index (χ3v) is 7.00. The number of amides is 1. The van der Waals surface area contributed by atoms with E-state index in [0.717, 1.165) is 16.6 Å². The standard InChI is InChI=1S/C20H21N3OS/c1-12-8-13-6-7-23(12)11-17(13)22-20(24)16-9-19-15(10-21-16)14-4-2-3-5-18(14)25-19/h2-5,9-10,12-13,17H,6-8,11H2,1H3,(H,22,24). The summed E-state index contributed by atoms with van der Waals surface area (Å²) in [7, 11) is 0. The first-order valence-electron chi connectivity index (χ1n) is 9.01. The van der Waals surface area contributed by atoms with Crippen LogP contribution < -0.4 is 5.32 Å². The summed E-state index contributed by atoms with van der Waals surface area (Å²) < 4.78 is 2.37. The van der Waals surface area contributed by atoms with E-state index >= 15 is 0 Å². The number of carbonyl (C=O) groups excluding carboxylic acids is 1. The lowest BCUT2D eigenvalue weighted by Crippen LogP contribution is -2.60. The number of hydrogen-bond acceptors (Lipinski definition) is 4. The molecule has 1 amide bonds. The minimum Gasteiger partial charge on any atom is -0.346 e. The van der Waals surface area contributed by atoms with Gasteiger partial charge in [0.1, 0.15) is 5.69 Å². The SMILES string of the molecule is CC1CC2CCN1CC2NC(=O)c1cc2sc3ccccc3c2cn1. The summed E-state index contributed by atoms with van der Waals surface area (Å²) in [5, 5.41) is 5.60. The molecule has 5 heterocycles. The first-order chi connectivity index (χ1) is 12.2. The van der Waals surface area contributed by atoms with Crippen LogP contribution in [0.4, 0.5) is 0 Å². The van der Waals surface area contributed by atoms with Crippen LogP contribution in [0.2, 0.25) is 0 Å². The van der Waals surface area contributed by atoms with Crippen LogP contribution in [-0.2, 0) is 0 Å². The minimum absolute atomic E-state index is 0.0363. The number of hydrogen-bond donors (Lipinski definition) is 1.